The Morgan fingerprint density at radius 3 is 2.03 bits per heavy atom. The summed E-state index contributed by atoms with van der Waals surface area (Å²) in [5.74, 6) is -1.42. The van der Waals surface area contributed by atoms with E-state index in [1.54, 1.807) is 24.3 Å². The Bertz CT molecular complexity index is 1450. The zero-order valence-corrected chi connectivity index (χ0v) is 20.6. The fourth-order valence-electron chi connectivity index (χ4n) is 5.79. The van der Waals surface area contributed by atoms with Gasteiger partial charge in [-0.05, 0) is 53.6 Å². The van der Waals surface area contributed by atoms with Gasteiger partial charge in [-0.1, -0.05) is 83.9 Å². The van der Waals surface area contributed by atoms with Crippen molar-refractivity contribution in [2.24, 2.45) is 5.92 Å². The molecule has 0 radical (unpaired) electrons. The number of anilines is 1. The molecule has 2 heterocycles. The molecular weight excluding hydrogens is 491 g/mol. The number of hydrogen-bond donors (Lipinski definition) is 2. The second-order valence-electron chi connectivity index (χ2n) is 9.27. The van der Waals surface area contributed by atoms with E-state index < -0.39 is 11.5 Å². The van der Waals surface area contributed by atoms with Crippen molar-refractivity contribution in [2.75, 3.05) is 5.32 Å². The molecule has 6 rings (SSSR count). The number of benzene rings is 4. The van der Waals surface area contributed by atoms with Crippen molar-refractivity contribution in [1.82, 2.24) is 5.32 Å². The van der Waals surface area contributed by atoms with Crippen LogP contribution in [0.5, 0.6) is 0 Å². The number of Topliss-reactive ketones (excluding diaryl/α,β-unsaturated/α-hetero) is 1. The molecule has 0 saturated carbocycles. The van der Waals surface area contributed by atoms with Crippen molar-refractivity contribution in [1.29, 1.82) is 0 Å². The molecule has 4 nitrogen and oxygen atoms in total. The Hall–Kier alpha value is -3.44. The molecule has 178 valence electrons. The molecule has 2 aliphatic rings. The van der Waals surface area contributed by atoms with Gasteiger partial charge in [-0.15, -0.1) is 0 Å². The first-order chi connectivity index (χ1) is 17.5. The van der Waals surface area contributed by atoms with Gasteiger partial charge in [-0.3, -0.25) is 14.9 Å². The predicted octanol–water partition coefficient (Wildman–Crippen LogP) is 6.77. The van der Waals surface area contributed by atoms with Crippen LogP contribution in [0.4, 0.5) is 5.69 Å². The average Bonchev–Trinajstić information content (AvgIpc) is 3.40. The van der Waals surface area contributed by atoms with Gasteiger partial charge in [0, 0.05) is 38.8 Å². The van der Waals surface area contributed by atoms with Crippen molar-refractivity contribution in [2.45, 2.75) is 17.5 Å². The summed E-state index contributed by atoms with van der Waals surface area (Å²) in [5.41, 5.74) is 2.68. The topological polar surface area (TPSA) is 58.2 Å². The number of para-hydroxylation sites is 1. The fourth-order valence-corrected chi connectivity index (χ4v) is 6.04. The second-order valence-corrected chi connectivity index (χ2v) is 10.1. The molecule has 1 saturated heterocycles. The lowest BCUT2D eigenvalue weighted by atomic mass is 9.69. The smallest absolute Gasteiger partial charge is 0.250 e. The number of halogens is 2. The van der Waals surface area contributed by atoms with Crippen LogP contribution in [0.2, 0.25) is 10.0 Å². The lowest BCUT2D eigenvalue weighted by molar-refractivity contribution is -0.122. The Morgan fingerprint density at radius 2 is 1.33 bits per heavy atom. The summed E-state index contributed by atoms with van der Waals surface area (Å²) in [4.78, 5) is 28.3. The molecule has 0 aromatic heterocycles. The minimum Gasteiger partial charge on any atom is -0.324 e. The van der Waals surface area contributed by atoms with Gasteiger partial charge in [0.05, 0.1) is 5.92 Å². The maximum absolute atomic E-state index is 14.4. The first-order valence-electron chi connectivity index (χ1n) is 11.8. The molecule has 4 atom stereocenters. The van der Waals surface area contributed by atoms with E-state index in [2.05, 4.69) is 10.6 Å². The molecule has 0 bridgehead atoms. The SMILES string of the molecule is O=C(c1ccc(Cl)cc1)C1[C@H](c2ccc(Cl)cc2)[C@@H](c2ccccc2)NC12C(=O)Nc1ccccc12. The Kier molecular flexibility index (Phi) is 5.68. The highest BCUT2D eigenvalue weighted by Crippen LogP contribution is 2.57. The number of fused-ring (bicyclic) bond motifs is 2. The van der Waals surface area contributed by atoms with Gasteiger partial charge in [0.2, 0.25) is 5.91 Å². The Balaban J connectivity index is 1.62. The molecule has 4 aromatic rings. The number of amides is 1. The maximum atomic E-state index is 14.4. The summed E-state index contributed by atoms with van der Waals surface area (Å²) in [6.07, 6.45) is 0. The minimum absolute atomic E-state index is 0.121. The third kappa shape index (κ3) is 3.56. The van der Waals surface area contributed by atoms with Gasteiger partial charge in [0.25, 0.3) is 0 Å². The highest BCUT2D eigenvalue weighted by Gasteiger charge is 2.64. The fraction of sp³-hybridized carbons (Fsp3) is 0.133. The van der Waals surface area contributed by atoms with Crippen LogP contribution in [0.15, 0.2) is 103 Å². The molecule has 36 heavy (non-hydrogen) atoms. The zero-order valence-electron chi connectivity index (χ0n) is 19.1. The number of hydrogen-bond acceptors (Lipinski definition) is 3. The summed E-state index contributed by atoms with van der Waals surface area (Å²) in [5, 5.41) is 7.86. The third-order valence-electron chi connectivity index (χ3n) is 7.35. The van der Waals surface area contributed by atoms with Gasteiger partial charge in [-0.25, -0.2) is 0 Å². The van der Waals surface area contributed by atoms with Gasteiger partial charge in [0.15, 0.2) is 5.78 Å². The highest BCUT2D eigenvalue weighted by atomic mass is 35.5. The van der Waals surface area contributed by atoms with E-state index in [0.717, 1.165) is 16.7 Å². The van der Waals surface area contributed by atoms with Crippen LogP contribution in [0.3, 0.4) is 0 Å². The molecule has 1 amide bonds. The normalized spacial score (nSPS) is 24.5. The van der Waals surface area contributed by atoms with Gasteiger partial charge in [-0.2, -0.15) is 0 Å². The molecule has 6 heteroatoms. The van der Waals surface area contributed by atoms with Crippen molar-refractivity contribution in [3.63, 3.8) is 0 Å². The van der Waals surface area contributed by atoms with E-state index in [1.165, 1.54) is 0 Å². The molecule has 2 N–H and O–H groups in total. The minimum atomic E-state index is -1.25. The van der Waals surface area contributed by atoms with Gasteiger partial charge < -0.3 is 5.32 Å². The maximum Gasteiger partial charge on any atom is 0.250 e. The van der Waals surface area contributed by atoms with E-state index in [0.29, 0.717) is 21.3 Å². The molecule has 1 spiro atoms. The third-order valence-corrected chi connectivity index (χ3v) is 7.85. The van der Waals surface area contributed by atoms with E-state index in [1.807, 2.05) is 78.9 Å². The van der Waals surface area contributed by atoms with Crippen molar-refractivity contribution < 1.29 is 9.59 Å². The first-order valence-corrected chi connectivity index (χ1v) is 12.5. The monoisotopic (exact) mass is 512 g/mol. The van der Waals surface area contributed by atoms with E-state index in [4.69, 9.17) is 23.2 Å². The molecule has 1 fully saturated rings. The predicted molar refractivity (Wildman–Crippen MR) is 143 cm³/mol. The Labute approximate surface area is 219 Å². The van der Waals surface area contributed by atoms with Crippen molar-refractivity contribution in [3.05, 3.63) is 135 Å². The number of nitrogens with one attached hydrogen (secondary N) is 2. The highest BCUT2D eigenvalue weighted by molar-refractivity contribution is 6.31. The summed E-state index contributed by atoms with van der Waals surface area (Å²) >= 11 is 12.4. The van der Waals surface area contributed by atoms with Crippen LogP contribution in [-0.2, 0) is 10.3 Å². The van der Waals surface area contributed by atoms with Crippen LogP contribution in [0.1, 0.15) is 39.0 Å². The van der Waals surface area contributed by atoms with Crippen molar-refractivity contribution in [3.8, 4) is 0 Å². The molecule has 2 aliphatic heterocycles. The number of carbonyl (C=O) groups is 2. The molecule has 2 unspecified atom stereocenters. The number of carbonyl (C=O) groups excluding carboxylic acids is 2. The quantitative estimate of drug-likeness (QED) is 0.296. The summed E-state index contributed by atoms with van der Waals surface area (Å²) in [6.45, 7) is 0. The second kappa shape index (κ2) is 8.90. The Morgan fingerprint density at radius 1 is 0.722 bits per heavy atom. The molecule has 0 aliphatic carbocycles. The van der Waals surface area contributed by atoms with E-state index >= 15 is 0 Å². The van der Waals surface area contributed by atoms with Gasteiger partial charge >= 0.3 is 0 Å². The largest absolute Gasteiger partial charge is 0.324 e. The van der Waals surface area contributed by atoms with Crippen LogP contribution >= 0.6 is 23.2 Å². The van der Waals surface area contributed by atoms with E-state index in [9.17, 15) is 9.59 Å². The average molecular weight is 513 g/mol. The van der Waals surface area contributed by atoms with E-state index in [-0.39, 0.29) is 23.7 Å². The van der Waals surface area contributed by atoms with Crippen LogP contribution in [-0.4, -0.2) is 11.7 Å². The molecule has 4 aromatic carbocycles. The summed E-state index contributed by atoms with van der Waals surface area (Å²) < 4.78 is 0. The van der Waals surface area contributed by atoms with Crippen LogP contribution in [0.25, 0.3) is 0 Å². The lowest BCUT2D eigenvalue weighted by Crippen LogP contribution is -2.50. The number of rotatable bonds is 4. The van der Waals surface area contributed by atoms with Crippen molar-refractivity contribution >= 4 is 40.6 Å². The summed E-state index contributed by atoms with van der Waals surface area (Å²) in [7, 11) is 0. The van der Waals surface area contributed by atoms with Gasteiger partial charge in [0.1, 0.15) is 5.54 Å². The summed E-state index contributed by atoms with van der Waals surface area (Å²) in [6, 6.07) is 31.7. The first kappa shape index (κ1) is 23.0. The van der Waals surface area contributed by atoms with Crippen LogP contribution in [0, 0.1) is 5.92 Å². The standard InChI is InChI=1S/C30H22Cl2N2O2/c31-21-14-10-18(11-15-21)25-26(28(35)20-12-16-22(32)17-13-20)30(34-27(25)19-6-2-1-3-7-19)23-8-4-5-9-24(23)33-29(30)36/h1-17,25-27,34H,(H,33,36)/t25-,26?,27+,30?/m0/s1. The van der Waals surface area contributed by atoms with Crippen LogP contribution < -0.4 is 10.6 Å². The zero-order chi connectivity index (χ0) is 24.9. The number of ketones is 1. The molecular formula is C30H22Cl2N2O2. The lowest BCUT2D eigenvalue weighted by Gasteiger charge is -2.31.